The highest BCUT2D eigenvalue weighted by Gasteiger charge is 2.21. The van der Waals surface area contributed by atoms with Crippen LogP contribution < -0.4 is 15.4 Å². The topological polar surface area (TPSA) is 114 Å². The lowest BCUT2D eigenvalue weighted by atomic mass is 10.2. The lowest BCUT2D eigenvalue weighted by molar-refractivity contribution is 0.0519. The monoisotopic (exact) mass is 659 g/mol. The van der Waals surface area contributed by atoms with Crippen LogP contribution in [0.4, 0.5) is 26.3 Å². The van der Waals surface area contributed by atoms with E-state index in [0.717, 1.165) is 31.4 Å². The van der Waals surface area contributed by atoms with Crippen LogP contribution in [0.5, 0.6) is 5.75 Å². The molecule has 5 aromatic rings. The molecule has 0 amide bonds. The second-order valence-corrected chi connectivity index (χ2v) is 12.6. The fourth-order valence-electron chi connectivity index (χ4n) is 4.31. The molecule has 3 aromatic heterocycles. The van der Waals surface area contributed by atoms with Crippen LogP contribution in [0.25, 0.3) is 10.2 Å². The molecule has 5 rings (SSSR count). The first kappa shape index (κ1) is 32.7. The van der Waals surface area contributed by atoms with Crippen molar-refractivity contribution in [2.45, 2.75) is 33.6 Å². The standard InChI is InChI=1S/C33H34FN7O3S2/c1-6-43-31(42)28-27(14-10-18-44-25-16-15-22(19-23(25)34)11-9-17-41(4)5)46-33(36-28)38-30-21(3)20(2)29(39-40-30)37-32-35-24-12-7-8-13-26(24)45-32/h7-8,12-13,15-16,19H,6,10,14,17-18H2,1-5H3,(H,35,37,39)(H,36,38,40). The Balaban J connectivity index is 1.24. The number of fused-ring (bicyclic) bond motifs is 1. The number of thiazole rings is 2. The zero-order chi connectivity index (χ0) is 32.6. The maximum absolute atomic E-state index is 14.6. The summed E-state index contributed by atoms with van der Waals surface area (Å²) >= 11 is 2.87. The third-order valence-electron chi connectivity index (χ3n) is 6.80. The van der Waals surface area contributed by atoms with Gasteiger partial charge in [-0.25, -0.2) is 19.2 Å². The van der Waals surface area contributed by atoms with Crippen LogP contribution >= 0.6 is 22.7 Å². The number of para-hydroxylation sites is 1. The number of aromatic nitrogens is 4. The summed E-state index contributed by atoms with van der Waals surface area (Å²) in [7, 11) is 3.84. The number of anilines is 4. The Morgan fingerprint density at radius 1 is 1.00 bits per heavy atom. The minimum absolute atomic E-state index is 0.154. The van der Waals surface area contributed by atoms with E-state index in [0.29, 0.717) is 41.7 Å². The average Bonchev–Trinajstić information content (AvgIpc) is 3.63. The Morgan fingerprint density at radius 2 is 1.72 bits per heavy atom. The molecule has 46 heavy (non-hydrogen) atoms. The molecule has 0 fully saturated rings. The third-order valence-corrected chi connectivity index (χ3v) is 8.78. The number of rotatable bonds is 12. The average molecular weight is 660 g/mol. The first-order valence-corrected chi connectivity index (χ1v) is 16.3. The summed E-state index contributed by atoms with van der Waals surface area (Å²) in [5.74, 6) is 6.25. The summed E-state index contributed by atoms with van der Waals surface area (Å²) in [6.07, 6.45) is 1.01. The summed E-state index contributed by atoms with van der Waals surface area (Å²) in [4.78, 5) is 24.6. The van der Waals surface area contributed by atoms with Crippen molar-refractivity contribution in [1.29, 1.82) is 0 Å². The van der Waals surface area contributed by atoms with E-state index < -0.39 is 11.8 Å². The van der Waals surface area contributed by atoms with Crippen molar-refractivity contribution in [3.8, 4) is 17.6 Å². The SMILES string of the molecule is CCOC(=O)c1nc(Nc2nnc(Nc3nc4ccccc4s3)c(C)c2C)sc1CCCOc1ccc(C#CCN(C)C)cc1F. The fourth-order valence-corrected chi connectivity index (χ4v) is 6.17. The predicted octanol–water partition coefficient (Wildman–Crippen LogP) is 6.89. The van der Waals surface area contributed by atoms with Gasteiger partial charge in [0.1, 0.15) is 0 Å². The maximum Gasteiger partial charge on any atom is 0.358 e. The van der Waals surface area contributed by atoms with Gasteiger partial charge in [0.15, 0.2) is 39.2 Å². The number of benzene rings is 2. The molecule has 0 atom stereocenters. The molecule has 2 N–H and O–H groups in total. The van der Waals surface area contributed by atoms with Crippen molar-refractivity contribution in [3.05, 3.63) is 75.5 Å². The molecule has 0 unspecified atom stereocenters. The largest absolute Gasteiger partial charge is 0.491 e. The van der Waals surface area contributed by atoms with Crippen molar-refractivity contribution in [2.75, 3.05) is 44.5 Å². The van der Waals surface area contributed by atoms with Crippen LogP contribution in [0.3, 0.4) is 0 Å². The van der Waals surface area contributed by atoms with Crippen LogP contribution in [0.2, 0.25) is 0 Å². The first-order chi connectivity index (χ1) is 22.2. The molecule has 0 saturated heterocycles. The minimum Gasteiger partial charge on any atom is -0.491 e. The highest BCUT2D eigenvalue weighted by atomic mass is 32.1. The molecule has 0 aliphatic heterocycles. The molecule has 0 radical (unpaired) electrons. The number of ether oxygens (including phenoxy) is 2. The van der Waals surface area contributed by atoms with E-state index in [4.69, 9.17) is 9.47 Å². The second kappa shape index (κ2) is 15.1. The summed E-state index contributed by atoms with van der Waals surface area (Å²) < 4.78 is 26.6. The molecule has 0 aliphatic carbocycles. The zero-order valence-electron chi connectivity index (χ0n) is 26.2. The van der Waals surface area contributed by atoms with E-state index in [1.54, 1.807) is 30.4 Å². The van der Waals surface area contributed by atoms with E-state index >= 15 is 0 Å². The summed E-state index contributed by atoms with van der Waals surface area (Å²) in [6, 6.07) is 12.6. The van der Waals surface area contributed by atoms with E-state index in [-0.39, 0.29) is 24.7 Å². The Hall–Kier alpha value is -4.64. The Kier molecular flexibility index (Phi) is 10.7. The van der Waals surface area contributed by atoms with E-state index in [1.165, 1.54) is 17.4 Å². The number of aryl methyl sites for hydroxylation is 1. The number of hydrogen-bond donors (Lipinski definition) is 2. The van der Waals surface area contributed by atoms with Gasteiger partial charge in [0.05, 0.1) is 30.0 Å². The van der Waals surface area contributed by atoms with Crippen LogP contribution in [0.15, 0.2) is 42.5 Å². The van der Waals surface area contributed by atoms with Gasteiger partial charge in [-0.3, -0.25) is 4.90 Å². The van der Waals surface area contributed by atoms with Gasteiger partial charge in [-0.2, -0.15) is 0 Å². The Morgan fingerprint density at radius 3 is 2.39 bits per heavy atom. The molecular weight excluding hydrogens is 626 g/mol. The van der Waals surface area contributed by atoms with Gasteiger partial charge in [-0.15, -0.1) is 21.5 Å². The first-order valence-electron chi connectivity index (χ1n) is 14.7. The van der Waals surface area contributed by atoms with Gasteiger partial charge in [-0.05, 0) is 78.0 Å². The van der Waals surface area contributed by atoms with Crippen LogP contribution in [-0.2, 0) is 11.2 Å². The molecule has 238 valence electrons. The van der Waals surface area contributed by atoms with E-state index in [9.17, 15) is 9.18 Å². The van der Waals surface area contributed by atoms with Crippen molar-refractivity contribution in [1.82, 2.24) is 25.1 Å². The molecule has 0 saturated carbocycles. The second-order valence-electron chi connectivity index (χ2n) is 10.5. The molecule has 10 nitrogen and oxygen atoms in total. The van der Waals surface area contributed by atoms with Gasteiger partial charge in [0, 0.05) is 21.6 Å². The molecule has 0 aliphatic rings. The van der Waals surface area contributed by atoms with Crippen LogP contribution in [0, 0.1) is 31.5 Å². The van der Waals surface area contributed by atoms with Crippen molar-refractivity contribution >= 4 is 60.8 Å². The summed E-state index contributed by atoms with van der Waals surface area (Å²) in [5, 5.41) is 16.5. The molecular formula is C33H34FN7O3S2. The van der Waals surface area contributed by atoms with Crippen molar-refractivity contribution < 1.29 is 18.7 Å². The number of esters is 1. The van der Waals surface area contributed by atoms with Crippen molar-refractivity contribution in [2.24, 2.45) is 0 Å². The summed E-state index contributed by atoms with van der Waals surface area (Å²) in [5.41, 5.74) is 3.51. The van der Waals surface area contributed by atoms with Crippen molar-refractivity contribution in [3.63, 3.8) is 0 Å². The normalized spacial score (nSPS) is 10.9. The number of carbonyl (C=O) groups is 1. The molecule has 2 aromatic carbocycles. The minimum atomic E-state index is -0.505. The number of carbonyl (C=O) groups excluding carboxylic acids is 1. The van der Waals surface area contributed by atoms with E-state index in [2.05, 4.69) is 42.6 Å². The molecule has 13 heteroatoms. The number of nitrogens with zero attached hydrogens (tertiary/aromatic N) is 5. The fraction of sp³-hybridized carbons (Fsp3) is 0.303. The van der Waals surface area contributed by atoms with E-state index in [1.807, 2.05) is 57.1 Å². The highest BCUT2D eigenvalue weighted by molar-refractivity contribution is 7.22. The maximum atomic E-state index is 14.6. The van der Waals surface area contributed by atoms with Crippen LogP contribution in [-0.4, -0.2) is 64.9 Å². The van der Waals surface area contributed by atoms with Crippen LogP contribution in [0.1, 0.15) is 45.4 Å². The molecule has 0 spiro atoms. The van der Waals surface area contributed by atoms with Gasteiger partial charge >= 0.3 is 5.97 Å². The molecule has 3 heterocycles. The lowest BCUT2D eigenvalue weighted by Crippen LogP contribution is -2.10. The quantitative estimate of drug-likeness (QED) is 0.0834. The number of hydrogen-bond acceptors (Lipinski definition) is 12. The zero-order valence-corrected chi connectivity index (χ0v) is 27.9. The van der Waals surface area contributed by atoms with Gasteiger partial charge < -0.3 is 20.1 Å². The number of nitrogens with one attached hydrogen (secondary N) is 2. The van der Waals surface area contributed by atoms with Gasteiger partial charge in [-0.1, -0.05) is 35.3 Å². The number of halogens is 1. The smallest absolute Gasteiger partial charge is 0.358 e. The predicted molar refractivity (Wildman–Crippen MR) is 181 cm³/mol. The Labute approximate surface area is 275 Å². The molecule has 0 bridgehead atoms. The van der Waals surface area contributed by atoms with Gasteiger partial charge in [0.25, 0.3) is 0 Å². The Bertz CT molecular complexity index is 1880. The van der Waals surface area contributed by atoms with Gasteiger partial charge in [0.2, 0.25) is 0 Å². The highest BCUT2D eigenvalue weighted by Crippen LogP contribution is 2.32. The lowest BCUT2D eigenvalue weighted by Gasteiger charge is -2.11. The third kappa shape index (κ3) is 8.14. The summed E-state index contributed by atoms with van der Waals surface area (Å²) in [6.45, 7) is 6.70.